The fourth-order valence-corrected chi connectivity index (χ4v) is 4.08. The van der Waals surface area contributed by atoms with Crippen LogP contribution in [0.1, 0.15) is 31.4 Å². The molecule has 0 fully saturated rings. The van der Waals surface area contributed by atoms with Crippen molar-refractivity contribution < 1.29 is 4.79 Å². The van der Waals surface area contributed by atoms with Crippen LogP contribution >= 0.6 is 11.3 Å². The van der Waals surface area contributed by atoms with Crippen LogP contribution in [0.2, 0.25) is 0 Å². The second-order valence-corrected chi connectivity index (χ2v) is 7.22. The van der Waals surface area contributed by atoms with Crippen LogP contribution in [0.4, 0.5) is 0 Å². The molecule has 1 amide bonds. The first-order valence-electron chi connectivity index (χ1n) is 8.77. The van der Waals surface area contributed by atoms with Gasteiger partial charge in [0.2, 0.25) is 5.91 Å². The summed E-state index contributed by atoms with van der Waals surface area (Å²) in [7, 11) is 0. The van der Waals surface area contributed by atoms with Gasteiger partial charge in [0.15, 0.2) is 0 Å². The number of aromatic nitrogens is 4. The Bertz CT molecular complexity index is 1180. The van der Waals surface area contributed by atoms with Gasteiger partial charge in [0, 0.05) is 18.0 Å². The topological polar surface area (TPSA) is 81.3 Å². The molecule has 0 saturated carbocycles. The van der Waals surface area contributed by atoms with Crippen LogP contribution in [0.25, 0.3) is 15.7 Å². The molecule has 4 heterocycles. The quantitative estimate of drug-likeness (QED) is 0.576. The first kappa shape index (κ1) is 17.4. The summed E-state index contributed by atoms with van der Waals surface area (Å²) in [4.78, 5) is 30.6. The van der Waals surface area contributed by atoms with Crippen molar-refractivity contribution in [2.45, 2.75) is 32.9 Å². The third kappa shape index (κ3) is 3.12. The van der Waals surface area contributed by atoms with E-state index in [2.05, 4.69) is 15.4 Å². The Balaban J connectivity index is 1.64. The molecular weight excluding hydrogens is 362 g/mol. The van der Waals surface area contributed by atoms with Crippen LogP contribution in [0, 0.1) is 0 Å². The van der Waals surface area contributed by atoms with Crippen LogP contribution < -0.4 is 10.9 Å². The number of amides is 1. The average molecular weight is 381 g/mol. The Morgan fingerprint density at radius 3 is 2.93 bits per heavy atom. The van der Waals surface area contributed by atoms with Crippen molar-refractivity contribution in [2.75, 3.05) is 0 Å². The zero-order valence-corrected chi connectivity index (χ0v) is 15.9. The molecule has 0 aliphatic carbocycles. The number of carbonyl (C=O) groups excluding carboxylic acids is 1. The van der Waals surface area contributed by atoms with Crippen LogP contribution in [-0.2, 0) is 17.8 Å². The Hall–Kier alpha value is -3.00. The number of fused-ring (bicyclic) bond motifs is 3. The van der Waals surface area contributed by atoms with Crippen molar-refractivity contribution in [3.8, 4) is 0 Å². The molecule has 0 aromatic carbocycles. The second-order valence-electron chi connectivity index (χ2n) is 6.32. The second kappa shape index (κ2) is 6.96. The van der Waals surface area contributed by atoms with E-state index in [4.69, 9.17) is 0 Å². The highest BCUT2D eigenvalue weighted by Crippen LogP contribution is 2.24. The molecule has 0 radical (unpaired) electrons. The number of nitrogens with one attached hydrogen (secondary N) is 1. The number of nitrogens with zero attached hydrogens (tertiary/aromatic N) is 4. The molecule has 27 heavy (non-hydrogen) atoms. The van der Waals surface area contributed by atoms with Gasteiger partial charge in [-0.3, -0.25) is 19.0 Å². The van der Waals surface area contributed by atoms with E-state index in [0.717, 1.165) is 21.7 Å². The summed E-state index contributed by atoms with van der Waals surface area (Å²) in [5.74, 6) is 0.482. The van der Waals surface area contributed by atoms with E-state index in [1.807, 2.05) is 54.0 Å². The van der Waals surface area contributed by atoms with Gasteiger partial charge < -0.3 is 5.32 Å². The van der Waals surface area contributed by atoms with E-state index < -0.39 is 0 Å². The number of aryl methyl sites for hydroxylation is 1. The summed E-state index contributed by atoms with van der Waals surface area (Å²) in [6.07, 6.45) is 2.34. The van der Waals surface area contributed by atoms with Gasteiger partial charge in [-0.1, -0.05) is 13.0 Å². The van der Waals surface area contributed by atoms with E-state index in [1.54, 1.807) is 17.5 Å². The maximum Gasteiger partial charge on any atom is 0.291 e. The zero-order chi connectivity index (χ0) is 19.0. The van der Waals surface area contributed by atoms with E-state index in [9.17, 15) is 9.59 Å². The third-order valence-electron chi connectivity index (χ3n) is 4.48. The maximum atomic E-state index is 12.8. The predicted octanol–water partition coefficient (Wildman–Crippen LogP) is 2.55. The number of hydrogen-bond acceptors (Lipinski definition) is 5. The maximum absolute atomic E-state index is 12.8. The van der Waals surface area contributed by atoms with Gasteiger partial charge in [-0.15, -0.1) is 11.3 Å². The molecular formula is C19H19N5O2S. The van der Waals surface area contributed by atoms with Crippen molar-refractivity contribution in [1.29, 1.82) is 0 Å². The van der Waals surface area contributed by atoms with Crippen molar-refractivity contribution in [1.82, 2.24) is 24.5 Å². The van der Waals surface area contributed by atoms with Gasteiger partial charge >= 0.3 is 0 Å². The highest BCUT2D eigenvalue weighted by atomic mass is 32.1. The normalized spacial score (nSPS) is 12.5. The Kier molecular flexibility index (Phi) is 4.49. The number of pyridine rings is 1. The number of carbonyl (C=O) groups is 1. The molecule has 7 nitrogen and oxygen atoms in total. The average Bonchev–Trinajstić information content (AvgIpc) is 3.26. The zero-order valence-electron chi connectivity index (χ0n) is 15.0. The monoisotopic (exact) mass is 381 g/mol. The van der Waals surface area contributed by atoms with Crippen LogP contribution in [0.15, 0.2) is 46.7 Å². The van der Waals surface area contributed by atoms with Crippen molar-refractivity contribution in [2.24, 2.45) is 0 Å². The van der Waals surface area contributed by atoms with E-state index >= 15 is 0 Å². The van der Waals surface area contributed by atoms with Gasteiger partial charge in [-0.05, 0) is 36.6 Å². The summed E-state index contributed by atoms with van der Waals surface area (Å²) >= 11 is 1.58. The van der Waals surface area contributed by atoms with Gasteiger partial charge in [0.1, 0.15) is 22.7 Å². The molecule has 4 aromatic rings. The first-order chi connectivity index (χ1) is 13.1. The minimum absolute atomic E-state index is 0.127. The van der Waals surface area contributed by atoms with Gasteiger partial charge in [-0.25, -0.2) is 4.68 Å². The highest BCUT2D eigenvalue weighted by molar-refractivity contribution is 7.16. The molecule has 1 atom stereocenters. The molecule has 138 valence electrons. The number of rotatable bonds is 5. The molecule has 0 unspecified atom stereocenters. The molecule has 4 rings (SSSR count). The van der Waals surface area contributed by atoms with Crippen LogP contribution in [0.3, 0.4) is 0 Å². The van der Waals surface area contributed by atoms with E-state index in [1.165, 1.54) is 4.68 Å². The SMILES string of the molecule is CCc1nn(CC(=O)N[C@@H](C)c2ccccn2)c(=O)c2cc3ccsc3n12. The molecule has 0 bridgehead atoms. The van der Waals surface area contributed by atoms with Gasteiger partial charge in [0.25, 0.3) is 5.56 Å². The largest absolute Gasteiger partial charge is 0.346 e. The minimum atomic E-state index is -0.275. The summed E-state index contributed by atoms with van der Waals surface area (Å²) < 4.78 is 3.14. The molecule has 0 spiro atoms. The molecule has 8 heteroatoms. The Morgan fingerprint density at radius 2 is 2.19 bits per heavy atom. The lowest BCUT2D eigenvalue weighted by Gasteiger charge is -2.14. The molecule has 0 saturated heterocycles. The van der Waals surface area contributed by atoms with Crippen LogP contribution in [0.5, 0.6) is 0 Å². The van der Waals surface area contributed by atoms with E-state index in [-0.39, 0.29) is 24.1 Å². The minimum Gasteiger partial charge on any atom is -0.346 e. The Labute approximate surface area is 159 Å². The fraction of sp³-hybridized carbons (Fsp3) is 0.263. The molecule has 0 aliphatic rings. The summed E-state index contributed by atoms with van der Waals surface area (Å²) in [6, 6.07) is 9.14. The summed E-state index contributed by atoms with van der Waals surface area (Å²) in [6.45, 7) is 3.72. The highest BCUT2D eigenvalue weighted by Gasteiger charge is 2.17. The lowest BCUT2D eigenvalue weighted by Crippen LogP contribution is -2.36. The van der Waals surface area contributed by atoms with Crippen molar-refractivity contribution in [3.05, 3.63) is 63.8 Å². The summed E-state index contributed by atoms with van der Waals surface area (Å²) in [5.41, 5.74) is 1.05. The summed E-state index contributed by atoms with van der Waals surface area (Å²) in [5, 5.41) is 10.3. The van der Waals surface area contributed by atoms with Gasteiger partial charge in [-0.2, -0.15) is 5.10 Å². The number of hydrogen-bond donors (Lipinski definition) is 1. The lowest BCUT2D eigenvalue weighted by molar-refractivity contribution is -0.122. The van der Waals surface area contributed by atoms with Crippen molar-refractivity contribution >= 4 is 33.0 Å². The Morgan fingerprint density at radius 1 is 1.33 bits per heavy atom. The van der Waals surface area contributed by atoms with Gasteiger partial charge in [0.05, 0.1) is 11.7 Å². The van der Waals surface area contributed by atoms with Crippen LogP contribution in [-0.4, -0.2) is 25.1 Å². The molecule has 4 aromatic heterocycles. The molecule has 1 N–H and O–H groups in total. The van der Waals surface area contributed by atoms with E-state index in [0.29, 0.717) is 11.9 Å². The number of thiophene rings is 1. The van der Waals surface area contributed by atoms with Crippen molar-refractivity contribution in [3.63, 3.8) is 0 Å². The third-order valence-corrected chi connectivity index (χ3v) is 5.39. The molecule has 0 aliphatic heterocycles. The lowest BCUT2D eigenvalue weighted by atomic mass is 10.2. The standard InChI is InChI=1S/C19H19N5O2S/c1-3-16-22-23(11-17(25)21-12(2)14-6-4-5-8-20-14)18(26)15-10-13-7-9-27-19(13)24(15)16/h4-10,12H,3,11H2,1-2H3,(H,21,25)/t12-/m0/s1. The first-order valence-corrected chi connectivity index (χ1v) is 9.65. The predicted molar refractivity (Wildman–Crippen MR) is 105 cm³/mol. The smallest absolute Gasteiger partial charge is 0.291 e. The fourth-order valence-electron chi connectivity index (χ4n) is 3.16.